The van der Waals surface area contributed by atoms with Gasteiger partial charge in [-0.1, -0.05) is 33.1 Å². The molecule has 0 amide bonds. The van der Waals surface area contributed by atoms with Crippen LogP contribution in [-0.4, -0.2) is 0 Å². The van der Waals surface area contributed by atoms with Gasteiger partial charge >= 0.3 is 0 Å². The first-order chi connectivity index (χ1) is 5.21. The molecule has 0 saturated heterocycles. The third-order valence-corrected chi connectivity index (χ3v) is 1.49. The van der Waals surface area contributed by atoms with Gasteiger partial charge in [0.25, 0.3) is 0 Å². The second kappa shape index (κ2) is 2.08. The van der Waals surface area contributed by atoms with Crippen molar-refractivity contribution in [3.63, 3.8) is 0 Å². The topological polar surface area (TPSA) is 0 Å². The molecule has 0 nitrogen and oxygen atoms in total. The highest BCUT2D eigenvalue weighted by Crippen LogP contribution is 2.34. The van der Waals surface area contributed by atoms with Crippen molar-refractivity contribution in [2.75, 3.05) is 0 Å². The van der Waals surface area contributed by atoms with E-state index >= 15 is 0 Å². The van der Waals surface area contributed by atoms with Crippen molar-refractivity contribution in [2.45, 2.75) is 45.9 Å². The molecule has 0 aromatic heterocycles. The lowest BCUT2D eigenvalue weighted by atomic mass is 9.78. The van der Waals surface area contributed by atoms with Crippen molar-refractivity contribution >= 4 is 0 Å². The van der Waals surface area contributed by atoms with Crippen LogP contribution in [0.3, 0.4) is 0 Å². The normalized spacial score (nSPS) is 47.8. The summed E-state index contributed by atoms with van der Waals surface area (Å²) in [6, 6.07) is 0. The molecule has 0 bridgehead atoms. The van der Waals surface area contributed by atoms with Crippen LogP contribution in [0.2, 0.25) is 0 Å². The van der Waals surface area contributed by atoms with E-state index in [1.165, 1.54) is 0 Å². The van der Waals surface area contributed by atoms with Crippen molar-refractivity contribution in [3.05, 3.63) is 0 Å². The average Bonchev–Trinajstić information content (AvgIpc) is 1.83. The maximum Gasteiger partial charge on any atom is 0.0272 e. The summed E-state index contributed by atoms with van der Waals surface area (Å²) in [6.07, 6.45) is -1.11. The molecular formula is C8H16. The fraction of sp³-hybridized carbons (Fsp3) is 1.00. The Hall–Kier alpha value is 0. The molecule has 0 unspecified atom stereocenters. The van der Waals surface area contributed by atoms with Gasteiger partial charge in [0.05, 0.1) is 0 Å². The summed E-state index contributed by atoms with van der Waals surface area (Å²) in [5.41, 5.74) is -0.863. The predicted molar refractivity (Wildman–Crippen MR) is 36.9 cm³/mol. The SMILES string of the molecule is [2H]C1([2H])CCCC([2H])([2H])C1(C)C. The monoisotopic (exact) mass is 116 g/mol. The van der Waals surface area contributed by atoms with Crippen LogP contribution in [-0.2, 0) is 0 Å². The number of rotatable bonds is 0. The molecule has 1 saturated carbocycles. The van der Waals surface area contributed by atoms with Gasteiger partial charge in [0, 0.05) is 5.48 Å². The fourth-order valence-electron chi connectivity index (χ4n) is 0.953. The second-order valence-corrected chi connectivity index (χ2v) is 2.83. The largest absolute Gasteiger partial charge is 0.0599 e. The number of hydrogen-bond donors (Lipinski definition) is 0. The van der Waals surface area contributed by atoms with E-state index in [9.17, 15) is 0 Å². The summed E-state index contributed by atoms with van der Waals surface area (Å²) >= 11 is 0. The van der Waals surface area contributed by atoms with E-state index in [0.717, 1.165) is 0 Å². The Morgan fingerprint density at radius 3 is 2.00 bits per heavy atom. The van der Waals surface area contributed by atoms with Gasteiger partial charge in [-0.05, 0) is 18.2 Å². The van der Waals surface area contributed by atoms with Gasteiger partial charge in [-0.3, -0.25) is 0 Å². The Bertz CT molecular complexity index is 165. The third kappa shape index (κ3) is 1.50. The zero-order valence-corrected chi connectivity index (χ0v) is 5.62. The van der Waals surface area contributed by atoms with Crippen LogP contribution >= 0.6 is 0 Å². The Morgan fingerprint density at radius 2 is 1.62 bits per heavy atom. The Balaban J connectivity index is 2.99. The standard InChI is InChI=1S/C8H16/c1-8(2)6-4-3-5-7-8/h3-7H2,1-2H3/i6D2,7D2. The minimum atomic E-state index is -1.37. The van der Waals surface area contributed by atoms with E-state index < -0.39 is 18.2 Å². The van der Waals surface area contributed by atoms with E-state index in [1.54, 1.807) is 13.8 Å². The first-order valence-electron chi connectivity index (χ1n) is 5.21. The molecule has 1 aliphatic rings. The molecule has 0 N–H and O–H groups in total. The van der Waals surface area contributed by atoms with Gasteiger partial charge in [0.15, 0.2) is 0 Å². The third-order valence-electron chi connectivity index (χ3n) is 1.49. The Kier molecular flexibility index (Phi) is 0.709. The van der Waals surface area contributed by atoms with Crippen LogP contribution in [0.5, 0.6) is 0 Å². The lowest BCUT2D eigenvalue weighted by molar-refractivity contribution is 0.244. The lowest BCUT2D eigenvalue weighted by Gasteiger charge is -2.28. The highest BCUT2D eigenvalue weighted by atomic mass is 14.3. The number of hydrogen-bond acceptors (Lipinski definition) is 0. The summed E-state index contributed by atoms with van der Waals surface area (Å²) in [5, 5.41) is 0. The van der Waals surface area contributed by atoms with Crippen LogP contribution in [0.15, 0.2) is 0 Å². The Morgan fingerprint density at radius 1 is 1.12 bits per heavy atom. The van der Waals surface area contributed by atoms with Gasteiger partial charge < -0.3 is 0 Å². The van der Waals surface area contributed by atoms with Gasteiger partial charge in [-0.2, -0.15) is 0 Å². The van der Waals surface area contributed by atoms with E-state index in [2.05, 4.69) is 0 Å². The summed E-state index contributed by atoms with van der Waals surface area (Å²) < 4.78 is 30.8. The Labute approximate surface area is 57.9 Å². The second-order valence-electron chi connectivity index (χ2n) is 2.83. The summed E-state index contributed by atoms with van der Waals surface area (Å²) in [5.74, 6) is 0. The molecule has 0 heteroatoms. The molecule has 1 rings (SSSR count). The molecule has 8 heavy (non-hydrogen) atoms. The molecule has 1 aliphatic carbocycles. The van der Waals surface area contributed by atoms with Crippen LogP contribution in [0.25, 0.3) is 0 Å². The van der Waals surface area contributed by atoms with Crippen molar-refractivity contribution in [3.8, 4) is 0 Å². The molecule has 0 radical (unpaired) electrons. The quantitative estimate of drug-likeness (QED) is 0.456. The highest BCUT2D eigenvalue weighted by molar-refractivity contribution is 4.72. The average molecular weight is 116 g/mol. The molecule has 0 aliphatic heterocycles. The zero-order valence-electron chi connectivity index (χ0n) is 9.62. The van der Waals surface area contributed by atoms with Gasteiger partial charge in [0.2, 0.25) is 0 Å². The zero-order chi connectivity index (χ0) is 9.62. The maximum atomic E-state index is 7.71. The molecule has 0 atom stereocenters. The first-order valence-corrected chi connectivity index (χ1v) is 3.21. The van der Waals surface area contributed by atoms with E-state index in [1.807, 2.05) is 0 Å². The molecule has 48 valence electrons. The molecule has 0 aromatic rings. The van der Waals surface area contributed by atoms with Crippen LogP contribution < -0.4 is 0 Å². The fourth-order valence-corrected chi connectivity index (χ4v) is 0.953. The predicted octanol–water partition coefficient (Wildman–Crippen LogP) is 2.98. The van der Waals surface area contributed by atoms with E-state index in [-0.39, 0.29) is 0 Å². The molecule has 0 aromatic carbocycles. The minimum absolute atomic E-state index is 0.486. The van der Waals surface area contributed by atoms with Crippen molar-refractivity contribution in [2.24, 2.45) is 5.41 Å². The van der Waals surface area contributed by atoms with Crippen molar-refractivity contribution in [1.82, 2.24) is 0 Å². The van der Waals surface area contributed by atoms with E-state index in [0.29, 0.717) is 19.3 Å². The summed E-state index contributed by atoms with van der Waals surface area (Å²) in [7, 11) is 0. The van der Waals surface area contributed by atoms with E-state index in [4.69, 9.17) is 5.48 Å². The smallest absolute Gasteiger partial charge is 0.0272 e. The van der Waals surface area contributed by atoms with Crippen LogP contribution in [0.4, 0.5) is 0 Å². The lowest BCUT2D eigenvalue weighted by Crippen LogP contribution is -2.14. The molecule has 0 heterocycles. The highest BCUT2D eigenvalue weighted by Gasteiger charge is 2.19. The first kappa shape index (κ1) is 2.72. The van der Waals surface area contributed by atoms with Gasteiger partial charge in [0.1, 0.15) is 0 Å². The van der Waals surface area contributed by atoms with Crippen LogP contribution in [0, 0.1) is 5.41 Å². The summed E-state index contributed by atoms with van der Waals surface area (Å²) in [6.45, 7) is 3.37. The maximum absolute atomic E-state index is 7.71. The van der Waals surface area contributed by atoms with Crippen LogP contribution in [0.1, 0.15) is 51.3 Å². The molecular weight excluding hydrogens is 96.1 g/mol. The van der Waals surface area contributed by atoms with Crippen molar-refractivity contribution < 1.29 is 5.48 Å². The molecule has 0 spiro atoms. The van der Waals surface area contributed by atoms with Gasteiger partial charge in [-0.25, -0.2) is 0 Å². The molecule has 1 fully saturated rings. The summed E-state index contributed by atoms with van der Waals surface area (Å²) in [4.78, 5) is 0. The van der Waals surface area contributed by atoms with Crippen molar-refractivity contribution in [1.29, 1.82) is 0 Å². The van der Waals surface area contributed by atoms with Gasteiger partial charge in [-0.15, -0.1) is 0 Å². The minimum Gasteiger partial charge on any atom is -0.0599 e.